The first-order valence-corrected chi connectivity index (χ1v) is 11.4. The van der Waals surface area contributed by atoms with Gasteiger partial charge in [0.1, 0.15) is 11.6 Å². The first-order chi connectivity index (χ1) is 17.4. The molecule has 0 aliphatic carbocycles. The van der Waals surface area contributed by atoms with Gasteiger partial charge in [0.05, 0.1) is 32.1 Å². The summed E-state index contributed by atoms with van der Waals surface area (Å²) in [6.07, 6.45) is -1.96. The molecule has 198 valence electrons. The molecular formula is C24H25F5N6O2. The zero-order chi connectivity index (χ0) is 27.0. The molecule has 0 bridgehead atoms. The van der Waals surface area contributed by atoms with E-state index in [1.165, 1.54) is 11.8 Å². The topological polar surface area (TPSA) is 85.2 Å². The van der Waals surface area contributed by atoms with E-state index >= 15 is 0 Å². The number of piperidine rings is 1. The fraction of sp³-hybridized carbons (Fsp3) is 0.417. The number of carbonyl (C=O) groups is 1. The number of anilines is 1. The summed E-state index contributed by atoms with van der Waals surface area (Å²) in [5, 5.41) is 7.09. The van der Waals surface area contributed by atoms with E-state index in [1.807, 2.05) is 0 Å². The summed E-state index contributed by atoms with van der Waals surface area (Å²) in [6, 6.07) is 6.20. The predicted molar refractivity (Wildman–Crippen MR) is 124 cm³/mol. The summed E-state index contributed by atoms with van der Waals surface area (Å²) < 4.78 is 74.1. The van der Waals surface area contributed by atoms with Gasteiger partial charge in [0, 0.05) is 31.8 Å². The first kappa shape index (κ1) is 26.3. The number of alkyl halides is 5. The van der Waals surface area contributed by atoms with Gasteiger partial charge >= 0.3 is 6.18 Å². The second-order valence-electron chi connectivity index (χ2n) is 9.00. The van der Waals surface area contributed by atoms with Crippen molar-refractivity contribution in [3.05, 3.63) is 54.2 Å². The Morgan fingerprint density at radius 1 is 1.19 bits per heavy atom. The number of carbonyl (C=O) groups excluding carboxylic acids is 1. The highest BCUT2D eigenvalue weighted by Gasteiger charge is 2.47. The Labute approximate surface area is 209 Å². The third-order valence-electron chi connectivity index (χ3n) is 6.21. The fourth-order valence-corrected chi connectivity index (χ4v) is 4.42. The van der Waals surface area contributed by atoms with Crippen LogP contribution in [0.5, 0.6) is 5.75 Å². The van der Waals surface area contributed by atoms with Crippen LogP contribution in [-0.4, -0.2) is 62.7 Å². The van der Waals surface area contributed by atoms with Gasteiger partial charge in [-0.2, -0.15) is 18.3 Å². The molecule has 0 spiro atoms. The van der Waals surface area contributed by atoms with Crippen LogP contribution in [0.4, 0.5) is 27.8 Å². The normalized spacial score (nSPS) is 19.5. The number of nitrogens with one attached hydrogen (secondary N) is 1. The minimum absolute atomic E-state index is 0.0110. The maximum Gasteiger partial charge on any atom is 0.434 e. The van der Waals surface area contributed by atoms with Crippen molar-refractivity contribution < 1.29 is 31.5 Å². The van der Waals surface area contributed by atoms with E-state index in [-0.39, 0.29) is 18.1 Å². The highest BCUT2D eigenvalue weighted by Crippen LogP contribution is 2.36. The second-order valence-corrected chi connectivity index (χ2v) is 9.00. The number of ether oxygens (including phenoxy) is 1. The molecule has 1 unspecified atom stereocenters. The molecule has 1 fully saturated rings. The number of halogens is 5. The third kappa shape index (κ3) is 5.81. The summed E-state index contributed by atoms with van der Waals surface area (Å²) in [7, 11) is 3.15. The zero-order valence-electron chi connectivity index (χ0n) is 20.3. The molecular weight excluding hydrogens is 499 g/mol. The molecule has 0 radical (unpaired) electrons. The molecule has 1 aliphatic rings. The van der Waals surface area contributed by atoms with Gasteiger partial charge in [0.2, 0.25) is 0 Å². The van der Waals surface area contributed by atoms with Gasteiger partial charge < -0.3 is 15.0 Å². The number of aryl methyl sites for hydroxylation is 1. The smallest absolute Gasteiger partial charge is 0.434 e. The van der Waals surface area contributed by atoms with E-state index in [9.17, 15) is 26.7 Å². The summed E-state index contributed by atoms with van der Waals surface area (Å²) in [6.45, 7) is 0.758. The van der Waals surface area contributed by atoms with Gasteiger partial charge in [-0.15, -0.1) is 0 Å². The minimum atomic E-state index is -4.64. The van der Waals surface area contributed by atoms with E-state index in [1.54, 1.807) is 44.4 Å². The monoisotopic (exact) mass is 524 g/mol. The van der Waals surface area contributed by atoms with Crippen LogP contribution in [0.1, 0.15) is 29.5 Å². The number of likely N-dealkylation sites (tertiary alicyclic amines) is 1. The summed E-state index contributed by atoms with van der Waals surface area (Å²) in [5.74, 6) is -3.78. The van der Waals surface area contributed by atoms with Crippen LogP contribution < -0.4 is 10.1 Å². The largest absolute Gasteiger partial charge is 0.497 e. The maximum atomic E-state index is 14.6. The van der Waals surface area contributed by atoms with Crippen LogP contribution in [0, 0.1) is 5.92 Å². The van der Waals surface area contributed by atoms with E-state index in [0.717, 1.165) is 11.1 Å². The number of aromatic nitrogens is 4. The van der Waals surface area contributed by atoms with Crippen LogP contribution in [0.2, 0.25) is 0 Å². The van der Waals surface area contributed by atoms with Crippen LogP contribution in [0.15, 0.2) is 42.9 Å². The number of hydrogen-bond donors (Lipinski definition) is 1. The van der Waals surface area contributed by atoms with Gasteiger partial charge in [-0.25, -0.2) is 18.7 Å². The molecule has 1 aromatic carbocycles. The van der Waals surface area contributed by atoms with Crippen LogP contribution in [0.3, 0.4) is 0 Å². The molecule has 3 heterocycles. The minimum Gasteiger partial charge on any atom is -0.497 e. The fourth-order valence-electron chi connectivity index (χ4n) is 4.42. The Balaban J connectivity index is 1.60. The van der Waals surface area contributed by atoms with Gasteiger partial charge in [-0.1, -0.05) is 19.1 Å². The average Bonchev–Trinajstić information content (AvgIpc) is 3.23. The molecule has 3 aromatic rings. The number of hydrogen-bond acceptors (Lipinski definition) is 6. The Bertz CT molecular complexity index is 1240. The lowest BCUT2D eigenvalue weighted by Gasteiger charge is -2.43. The molecule has 0 saturated carbocycles. The standard InChI is InChI=1S/C24H25F5N6O2/c1-14-8-23(25,26)13-35(18(14)9-31-20-11-30-19(10-32-20)24(27,28)29)22(36)21-17(12-34(2)33-21)15-4-6-16(37-3)7-5-15/h4-7,10-12,14,18H,8-9,13H2,1-3H3,(H,31,32)/t14-,18?/m1/s1. The van der Waals surface area contributed by atoms with Crippen molar-refractivity contribution in [1.82, 2.24) is 24.6 Å². The predicted octanol–water partition coefficient (Wildman–Crippen LogP) is 4.50. The number of benzene rings is 1. The number of amides is 1. The molecule has 1 saturated heterocycles. The van der Waals surface area contributed by atoms with E-state index in [4.69, 9.17) is 4.74 Å². The van der Waals surface area contributed by atoms with E-state index < -0.39 is 48.6 Å². The van der Waals surface area contributed by atoms with Crippen LogP contribution in [0.25, 0.3) is 11.1 Å². The van der Waals surface area contributed by atoms with Gasteiger partial charge in [-0.05, 0) is 23.6 Å². The van der Waals surface area contributed by atoms with Crippen molar-refractivity contribution >= 4 is 11.7 Å². The first-order valence-electron chi connectivity index (χ1n) is 11.4. The molecule has 2 aromatic heterocycles. The molecule has 2 atom stereocenters. The Morgan fingerprint density at radius 2 is 1.89 bits per heavy atom. The Morgan fingerprint density at radius 3 is 2.49 bits per heavy atom. The third-order valence-corrected chi connectivity index (χ3v) is 6.21. The summed E-state index contributed by atoms with van der Waals surface area (Å²) in [4.78, 5) is 21.8. The van der Waals surface area contributed by atoms with Crippen molar-refractivity contribution in [3.8, 4) is 16.9 Å². The van der Waals surface area contributed by atoms with E-state index in [2.05, 4.69) is 20.4 Å². The lowest BCUT2D eigenvalue weighted by Crippen LogP contribution is -2.57. The summed E-state index contributed by atoms with van der Waals surface area (Å²) in [5.41, 5.74) is -0.0144. The quantitative estimate of drug-likeness (QED) is 0.478. The van der Waals surface area contributed by atoms with Crippen molar-refractivity contribution in [3.63, 3.8) is 0 Å². The van der Waals surface area contributed by atoms with Gasteiger partial charge in [0.25, 0.3) is 11.8 Å². The zero-order valence-corrected chi connectivity index (χ0v) is 20.3. The SMILES string of the molecule is COc1ccc(-c2cn(C)nc2C(=O)N2CC(F)(F)C[C@@H](C)C2CNc2cnc(C(F)(F)F)cn2)cc1. The number of nitrogens with zero attached hydrogens (tertiary/aromatic N) is 5. The van der Waals surface area contributed by atoms with Crippen molar-refractivity contribution in [2.45, 2.75) is 31.5 Å². The molecule has 37 heavy (non-hydrogen) atoms. The highest BCUT2D eigenvalue weighted by molar-refractivity contribution is 5.99. The van der Waals surface area contributed by atoms with Crippen molar-refractivity contribution in [1.29, 1.82) is 0 Å². The number of methoxy groups -OCH3 is 1. The summed E-state index contributed by atoms with van der Waals surface area (Å²) >= 11 is 0. The Hall–Kier alpha value is -3.77. The molecule has 1 aliphatic heterocycles. The van der Waals surface area contributed by atoms with Crippen LogP contribution in [-0.2, 0) is 13.2 Å². The number of rotatable bonds is 6. The highest BCUT2D eigenvalue weighted by atomic mass is 19.4. The lowest BCUT2D eigenvalue weighted by atomic mass is 9.88. The molecule has 13 heteroatoms. The van der Waals surface area contributed by atoms with E-state index in [0.29, 0.717) is 23.1 Å². The van der Waals surface area contributed by atoms with Gasteiger partial charge in [-0.3, -0.25) is 9.48 Å². The lowest BCUT2D eigenvalue weighted by molar-refractivity contribution is -0.141. The van der Waals surface area contributed by atoms with Crippen molar-refractivity contribution in [2.75, 3.05) is 25.5 Å². The molecule has 1 amide bonds. The molecule has 4 rings (SSSR count). The Kier molecular flexibility index (Phi) is 7.07. The van der Waals surface area contributed by atoms with Crippen molar-refractivity contribution in [2.24, 2.45) is 13.0 Å². The second kappa shape index (κ2) is 9.94. The van der Waals surface area contributed by atoms with Crippen LogP contribution >= 0.6 is 0 Å². The van der Waals surface area contributed by atoms with Gasteiger partial charge in [0.15, 0.2) is 11.4 Å². The molecule has 1 N–H and O–H groups in total. The molecule has 8 nitrogen and oxygen atoms in total. The average molecular weight is 524 g/mol. The maximum absolute atomic E-state index is 14.6.